The first kappa shape index (κ1) is 11.6. The molecule has 3 heterocycles. The van der Waals surface area contributed by atoms with Crippen molar-refractivity contribution in [2.75, 3.05) is 6.61 Å². The highest BCUT2D eigenvalue weighted by atomic mass is 32.1. The van der Waals surface area contributed by atoms with Crippen LogP contribution in [-0.2, 0) is 4.74 Å². The maximum Gasteiger partial charge on any atom is 0.195 e. The van der Waals surface area contributed by atoms with Crippen molar-refractivity contribution in [2.24, 2.45) is 0 Å². The van der Waals surface area contributed by atoms with E-state index in [2.05, 4.69) is 22.1 Å². The molecule has 2 aromatic rings. The van der Waals surface area contributed by atoms with E-state index in [-0.39, 0.29) is 12.1 Å². The molecule has 18 heavy (non-hydrogen) atoms. The zero-order chi connectivity index (χ0) is 12.5. The van der Waals surface area contributed by atoms with Gasteiger partial charge in [0.1, 0.15) is 5.69 Å². The third kappa shape index (κ3) is 1.87. The van der Waals surface area contributed by atoms with E-state index in [1.807, 2.05) is 22.8 Å². The summed E-state index contributed by atoms with van der Waals surface area (Å²) in [6, 6.07) is 5.99. The number of hydrogen-bond donors (Lipinski definition) is 1. The Hall–Kier alpha value is -1.53. The lowest BCUT2D eigenvalue weighted by atomic mass is 10.1. The Labute approximate surface area is 110 Å². The Morgan fingerprint density at radius 2 is 2.39 bits per heavy atom. The fourth-order valence-electron chi connectivity index (χ4n) is 2.35. The van der Waals surface area contributed by atoms with E-state index in [0.29, 0.717) is 4.77 Å². The van der Waals surface area contributed by atoms with Crippen LogP contribution in [0.4, 0.5) is 0 Å². The molecule has 5 nitrogen and oxygen atoms in total. The molecule has 6 heteroatoms. The van der Waals surface area contributed by atoms with E-state index < -0.39 is 0 Å². The SMILES string of the molecule is CC1OCCC1n1c(-c2ccccn2)n[nH]c1=S. The summed E-state index contributed by atoms with van der Waals surface area (Å²) < 4.78 is 8.25. The lowest BCUT2D eigenvalue weighted by molar-refractivity contribution is 0.107. The molecule has 1 fully saturated rings. The third-order valence-electron chi connectivity index (χ3n) is 3.27. The first-order valence-electron chi connectivity index (χ1n) is 5.97. The van der Waals surface area contributed by atoms with Crippen molar-refractivity contribution < 1.29 is 4.74 Å². The van der Waals surface area contributed by atoms with Gasteiger partial charge in [-0.05, 0) is 37.7 Å². The molecule has 1 aliphatic rings. The predicted molar refractivity (Wildman–Crippen MR) is 69.7 cm³/mol. The molecule has 0 bridgehead atoms. The molecule has 3 rings (SSSR count). The second kappa shape index (κ2) is 4.62. The summed E-state index contributed by atoms with van der Waals surface area (Å²) in [7, 11) is 0. The van der Waals surface area contributed by atoms with Crippen molar-refractivity contribution in [3.63, 3.8) is 0 Å². The van der Waals surface area contributed by atoms with Gasteiger partial charge in [-0.1, -0.05) is 6.07 Å². The molecule has 2 atom stereocenters. The highest BCUT2D eigenvalue weighted by Crippen LogP contribution is 2.29. The fourth-order valence-corrected chi connectivity index (χ4v) is 2.62. The van der Waals surface area contributed by atoms with E-state index in [4.69, 9.17) is 17.0 Å². The number of hydrogen-bond acceptors (Lipinski definition) is 4. The van der Waals surface area contributed by atoms with Crippen molar-refractivity contribution in [3.8, 4) is 11.5 Å². The molecule has 0 saturated carbocycles. The monoisotopic (exact) mass is 262 g/mol. The van der Waals surface area contributed by atoms with Crippen LogP contribution in [0.25, 0.3) is 11.5 Å². The number of nitrogens with one attached hydrogen (secondary N) is 1. The zero-order valence-corrected chi connectivity index (χ0v) is 10.9. The normalized spacial score (nSPS) is 23.4. The van der Waals surface area contributed by atoms with Crippen LogP contribution in [0, 0.1) is 4.77 Å². The van der Waals surface area contributed by atoms with E-state index in [1.165, 1.54) is 0 Å². The highest BCUT2D eigenvalue weighted by Gasteiger charge is 2.29. The molecule has 0 aromatic carbocycles. The first-order valence-corrected chi connectivity index (χ1v) is 6.38. The topological polar surface area (TPSA) is 55.7 Å². The van der Waals surface area contributed by atoms with E-state index in [9.17, 15) is 0 Å². The first-order chi connectivity index (χ1) is 8.77. The number of nitrogens with zero attached hydrogens (tertiary/aromatic N) is 3. The van der Waals surface area contributed by atoms with Crippen LogP contribution < -0.4 is 0 Å². The number of H-pyrrole nitrogens is 1. The molecule has 2 aromatic heterocycles. The maximum atomic E-state index is 5.61. The lowest BCUT2D eigenvalue weighted by Crippen LogP contribution is -2.18. The van der Waals surface area contributed by atoms with E-state index >= 15 is 0 Å². The summed E-state index contributed by atoms with van der Waals surface area (Å²) in [5, 5.41) is 7.15. The second-order valence-corrected chi connectivity index (χ2v) is 4.76. The molecule has 0 aliphatic carbocycles. The van der Waals surface area contributed by atoms with Gasteiger partial charge in [0, 0.05) is 12.8 Å². The molecule has 2 unspecified atom stereocenters. The van der Waals surface area contributed by atoms with Crippen molar-refractivity contribution in [2.45, 2.75) is 25.5 Å². The summed E-state index contributed by atoms with van der Waals surface area (Å²) in [4.78, 5) is 4.33. The Kier molecular flexibility index (Phi) is 2.97. The average Bonchev–Trinajstić information content (AvgIpc) is 2.96. The fraction of sp³-hybridized carbons (Fsp3) is 0.417. The van der Waals surface area contributed by atoms with Gasteiger partial charge in [-0.2, -0.15) is 5.10 Å². The number of pyridine rings is 1. The third-order valence-corrected chi connectivity index (χ3v) is 3.55. The number of ether oxygens (including phenoxy) is 1. The molecule has 0 spiro atoms. The van der Waals surface area contributed by atoms with Crippen molar-refractivity contribution in [1.82, 2.24) is 19.7 Å². The molecule has 0 radical (unpaired) electrons. The number of aromatic amines is 1. The Balaban J connectivity index is 2.10. The van der Waals surface area contributed by atoms with Crippen molar-refractivity contribution in [1.29, 1.82) is 0 Å². The summed E-state index contributed by atoms with van der Waals surface area (Å²) in [6.07, 6.45) is 2.86. The number of rotatable bonds is 2. The van der Waals surface area contributed by atoms with Gasteiger partial charge in [0.2, 0.25) is 0 Å². The van der Waals surface area contributed by atoms with E-state index in [0.717, 1.165) is 24.5 Å². The summed E-state index contributed by atoms with van der Waals surface area (Å²) in [5.41, 5.74) is 0.823. The van der Waals surface area contributed by atoms with Gasteiger partial charge in [0.15, 0.2) is 10.6 Å². The predicted octanol–water partition coefficient (Wildman–Crippen LogP) is 2.35. The van der Waals surface area contributed by atoms with Crippen molar-refractivity contribution in [3.05, 3.63) is 29.2 Å². The van der Waals surface area contributed by atoms with Crippen molar-refractivity contribution >= 4 is 12.2 Å². The molecule has 1 saturated heterocycles. The smallest absolute Gasteiger partial charge is 0.195 e. The minimum atomic E-state index is 0.150. The van der Waals surface area contributed by atoms with Crippen LogP contribution in [0.5, 0.6) is 0 Å². The van der Waals surface area contributed by atoms with Gasteiger partial charge in [-0.25, -0.2) is 0 Å². The van der Waals surface area contributed by atoms with Crippen LogP contribution in [0.15, 0.2) is 24.4 Å². The Morgan fingerprint density at radius 1 is 1.50 bits per heavy atom. The average molecular weight is 262 g/mol. The van der Waals surface area contributed by atoms with Gasteiger partial charge in [-0.15, -0.1) is 0 Å². The van der Waals surface area contributed by atoms with Gasteiger partial charge >= 0.3 is 0 Å². The van der Waals surface area contributed by atoms with Gasteiger partial charge in [-0.3, -0.25) is 14.6 Å². The van der Waals surface area contributed by atoms with Gasteiger partial charge in [0.05, 0.1) is 12.1 Å². The maximum absolute atomic E-state index is 5.61. The quantitative estimate of drug-likeness (QED) is 0.844. The summed E-state index contributed by atoms with van der Waals surface area (Å²) >= 11 is 5.32. The Bertz CT molecular complexity index is 592. The summed E-state index contributed by atoms with van der Waals surface area (Å²) in [5.74, 6) is 0.781. The largest absolute Gasteiger partial charge is 0.376 e. The number of aromatic nitrogens is 4. The minimum Gasteiger partial charge on any atom is -0.376 e. The molecular formula is C12H14N4OS. The van der Waals surface area contributed by atoms with Crippen LogP contribution in [-0.4, -0.2) is 32.5 Å². The standard InChI is InChI=1S/C12H14N4OS/c1-8-10(5-7-17-8)16-11(14-15-12(16)18)9-4-2-3-6-13-9/h2-4,6,8,10H,5,7H2,1H3,(H,15,18). The van der Waals surface area contributed by atoms with Crippen LogP contribution in [0.3, 0.4) is 0 Å². The van der Waals surface area contributed by atoms with Gasteiger partial charge < -0.3 is 4.74 Å². The molecule has 0 amide bonds. The lowest BCUT2D eigenvalue weighted by Gasteiger charge is -2.17. The molecular weight excluding hydrogens is 248 g/mol. The van der Waals surface area contributed by atoms with Gasteiger partial charge in [0.25, 0.3) is 0 Å². The van der Waals surface area contributed by atoms with Crippen LogP contribution in [0.1, 0.15) is 19.4 Å². The molecule has 94 valence electrons. The van der Waals surface area contributed by atoms with Crippen LogP contribution in [0.2, 0.25) is 0 Å². The van der Waals surface area contributed by atoms with Crippen LogP contribution >= 0.6 is 12.2 Å². The second-order valence-electron chi connectivity index (χ2n) is 4.37. The van der Waals surface area contributed by atoms with E-state index in [1.54, 1.807) is 6.20 Å². The molecule has 1 N–H and O–H groups in total. The molecule has 1 aliphatic heterocycles. The minimum absolute atomic E-state index is 0.150. The summed E-state index contributed by atoms with van der Waals surface area (Å²) in [6.45, 7) is 2.83. The zero-order valence-electron chi connectivity index (χ0n) is 10.0. The Morgan fingerprint density at radius 3 is 3.06 bits per heavy atom. The highest BCUT2D eigenvalue weighted by molar-refractivity contribution is 7.71.